The molecule has 36 heavy (non-hydrogen) atoms. The van der Waals surface area contributed by atoms with Gasteiger partial charge in [0.1, 0.15) is 17.4 Å². The van der Waals surface area contributed by atoms with E-state index in [0.29, 0.717) is 6.54 Å². The smallest absolute Gasteiger partial charge is 0.246 e. The Kier molecular flexibility index (Phi) is 8.90. The molecule has 2 fully saturated rings. The van der Waals surface area contributed by atoms with E-state index >= 15 is 0 Å². The van der Waals surface area contributed by atoms with Gasteiger partial charge in [-0.1, -0.05) is 99.2 Å². The third-order valence-electron chi connectivity index (χ3n) is 6.74. The summed E-state index contributed by atoms with van der Waals surface area (Å²) in [5.74, 6) is -0.130. The normalized spacial score (nSPS) is 27.3. The van der Waals surface area contributed by atoms with E-state index in [1.54, 1.807) is 18.1 Å². The molecule has 8 heteroatoms. The number of allylic oxidation sites excluding steroid dienone is 1. The number of benzene rings is 2. The summed E-state index contributed by atoms with van der Waals surface area (Å²) in [5.41, 5.74) is 0.762. The number of nitrogens with zero attached hydrogens (tertiary/aromatic N) is 1. The van der Waals surface area contributed by atoms with E-state index in [4.69, 9.17) is 9.47 Å². The average Bonchev–Trinajstić information content (AvgIpc) is 3.32. The van der Waals surface area contributed by atoms with E-state index in [1.165, 1.54) is 0 Å². The molecule has 6 nitrogen and oxygen atoms in total. The number of hydrogen-bond acceptors (Lipinski definition) is 4. The first kappa shape index (κ1) is 26.9. The van der Waals surface area contributed by atoms with Crippen molar-refractivity contribution in [3.05, 3.63) is 90.5 Å². The van der Waals surface area contributed by atoms with Gasteiger partial charge in [-0.05, 0) is 29.7 Å². The molecule has 2 aromatic rings. The number of rotatable bonds is 10. The monoisotopic (exact) mass is 664 g/mol. The Hall–Kier alpha value is -2.17. The second kappa shape index (κ2) is 11.9. The van der Waals surface area contributed by atoms with E-state index < -0.39 is 17.6 Å². The number of amides is 2. The molecule has 0 aliphatic carbocycles. The third kappa shape index (κ3) is 5.26. The standard InChI is InChI=1S/C28H30BrIN2O4/c1-3-28-23(24(30)22(36-28)11-7-8-16-29)27(34)32(18-20-12-14-21(35-2)15-13-20)25(28)26(33)31-17-19-9-5-4-6-10-19/h3-7,9-15,22-25H,1,8,16-18H2,2H3,(H,31,33)/b11-7+/t22-,23+,24-,25-,28+/m1/s1. The molecule has 2 saturated heterocycles. The van der Waals surface area contributed by atoms with Gasteiger partial charge in [-0.15, -0.1) is 6.58 Å². The molecule has 0 radical (unpaired) electrons. The molecular weight excluding hydrogens is 635 g/mol. The topological polar surface area (TPSA) is 67.9 Å². The lowest BCUT2D eigenvalue weighted by Crippen LogP contribution is -2.54. The fraction of sp³-hybridized carbons (Fsp3) is 0.357. The lowest BCUT2D eigenvalue weighted by atomic mass is 9.84. The summed E-state index contributed by atoms with van der Waals surface area (Å²) in [6.45, 7) is 4.70. The van der Waals surface area contributed by atoms with Crippen LogP contribution in [0, 0.1) is 5.92 Å². The van der Waals surface area contributed by atoms with Gasteiger partial charge in [0, 0.05) is 18.4 Å². The zero-order valence-corrected chi connectivity index (χ0v) is 23.9. The number of ether oxygens (including phenoxy) is 2. The Balaban J connectivity index is 1.66. The zero-order valence-electron chi connectivity index (χ0n) is 20.1. The first-order valence-electron chi connectivity index (χ1n) is 11.9. The van der Waals surface area contributed by atoms with E-state index in [-0.39, 0.29) is 28.4 Å². The Morgan fingerprint density at radius 2 is 1.94 bits per heavy atom. The summed E-state index contributed by atoms with van der Waals surface area (Å²) in [7, 11) is 1.61. The summed E-state index contributed by atoms with van der Waals surface area (Å²) in [5, 5.41) is 3.89. The van der Waals surface area contributed by atoms with Crippen LogP contribution >= 0.6 is 38.5 Å². The van der Waals surface area contributed by atoms with Crippen LogP contribution in [0.2, 0.25) is 0 Å². The van der Waals surface area contributed by atoms with Gasteiger partial charge in [-0.2, -0.15) is 0 Å². The van der Waals surface area contributed by atoms with Crippen LogP contribution in [0.1, 0.15) is 17.5 Å². The summed E-state index contributed by atoms with van der Waals surface area (Å²) < 4.78 is 11.7. The molecule has 5 atom stereocenters. The van der Waals surface area contributed by atoms with Crippen molar-refractivity contribution in [1.29, 1.82) is 0 Å². The summed E-state index contributed by atoms with van der Waals surface area (Å²) in [6.07, 6.45) is 6.28. The van der Waals surface area contributed by atoms with Crippen LogP contribution in [-0.4, -0.2) is 50.8 Å². The highest BCUT2D eigenvalue weighted by Crippen LogP contribution is 2.51. The number of methoxy groups -OCH3 is 1. The molecule has 2 aromatic carbocycles. The molecule has 2 aliphatic rings. The fourth-order valence-corrected chi connectivity index (χ4v) is 6.50. The third-order valence-corrected chi connectivity index (χ3v) is 8.62. The van der Waals surface area contributed by atoms with Gasteiger partial charge in [0.15, 0.2) is 0 Å². The van der Waals surface area contributed by atoms with E-state index in [1.807, 2.05) is 66.7 Å². The average molecular weight is 665 g/mol. The Labute approximate surface area is 234 Å². The van der Waals surface area contributed by atoms with Crippen LogP contribution in [0.4, 0.5) is 0 Å². The van der Waals surface area contributed by atoms with Gasteiger partial charge in [0.05, 0.1) is 23.1 Å². The Morgan fingerprint density at radius 1 is 1.22 bits per heavy atom. The summed E-state index contributed by atoms with van der Waals surface area (Å²) >= 11 is 5.73. The number of carbonyl (C=O) groups excluding carboxylic acids is 2. The number of halogens is 2. The van der Waals surface area contributed by atoms with Gasteiger partial charge < -0.3 is 19.7 Å². The maximum Gasteiger partial charge on any atom is 0.246 e. The molecule has 190 valence electrons. The minimum absolute atomic E-state index is 0.0960. The van der Waals surface area contributed by atoms with Crippen LogP contribution in [-0.2, 0) is 27.4 Å². The van der Waals surface area contributed by atoms with Crippen LogP contribution in [0.25, 0.3) is 0 Å². The number of nitrogens with one attached hydrogen (secondary N) is 1. The van der Waals surface area contributed by atoms with Gasteiger partial charge in [0.25, 0.3) is 0 Å². The van der Waals surface area contributed by atoms with Gasteiger partial charge in [-0.25, -0.2) is 0 Å². The first-order chi connectivity index (χ1) is 17.4. The minimum atomic E-state index is -1.13. The van der Waals surface area contributed by atoms with Crippen LogP contribution < -0.4 is 10.1 Å². The van der Waals surface area contributed by atoms with Gasteiger partial charge in [0.2, 0.25) is 11.8 Å². The molecule has 0 aromatic heterocycles. The Morgan fingerprint density at radius 3 is 2.58 bits per heavy atom. The van der Waals surface area contributed by atoms with E-state index in [9.17, 15) is 9.59 Å². The second-order valence-corrected chi connectivity index (χ2v) is 11.1. The fourth-order valence-electron chi connectivity index (χ4n) is 4.98. The molecule has 1 N–H and O–H groups in total. The predicted octanol–water partition coefficient (Wildman–Crippen LogP) is 4.81. The molecule has 2 amide bonds. The van der Waals surface area contributed by atoms with Crippen molar-refractivity contribution in [2.45, 2.75) is 41.2 Å². The maximum atomic E-state index is 13.9. The molecule has 2 aliphatic heterocycles. The minimum Gasteiger partial charge on any atom is -0.497 e. The van der Waals surface area contributed by atoms with Gasteiger partial charge >= 0.3 is 0 Å². The molecule has 0 unspecified atom stereocenters. The van der Waals surface area contributed by atoms with Crippen molar-refractivity contribution < 1.29 is 19.1 Å². The van der Waals surface area contributed by atoms with Crippen molar-refractivity contribution in [2.24, 2.45) is 5.92 Å². The zero-order chi connectivity index (χ0) is 25.7. The number of hydrogen-bond donors (Lipinski definition) is 1. The molecule has 4 rings (SSSR count). The molecule has 0 saturated carbocycles. The largest absolute Gasteiger partial charge is 0.497 e. The number of fused-ring (bicyclic) bond motifs is 1. The molecule has 0 spiro atoms. The van der Waals surface area contributed by atoms with Crippen molar-refractivity contribution in [3.8, 4) is 5.75 Å². The van der Waals surface area contributed by atoms with Crippen LogP contribution in [0.3, 0.4) is 0 Å². The molecule has 0 bridgehead atoms. The number of alkyl halides is 2. The van der Waals surface area contributed by atoms with Crippen LogP contribution in [0.15, 0.2) is 79.4 Å². The lowest BCUT2D eigenvalue weighted by molar-refractivity contribution is -0.140. The maximum absolute atomic E-state index is 13.9. The van der Waals surface area contributed by atoms with Gasteiger partial charge in [-0.3, -0.25) is 9.59 Å². The number of carbonyl (C=O) groups is 2. The molecular formula is C28H30BrIN2O4. The first-order valence-corrected chi connectivity index (χ1v) is 14.2. The van der Waals surface area contributed by atoms with E-state index in [2.05, 4.69) is 50.4 Å². The second-order valence-electron chi connectivity index (χ2n) is 8.89. The summed E-state index contributed by atoms with van der Waals surface area (Å²) in [4.78, 5) is 29.3. The van der Waals surface area contributed by atoms with Crippen molar-refractivity contribution >= 4 is 50.3 Å². The van der Waals surface area contributed by atoms with Crippen molar-refractivity contribution in [2.75, 3.05) is 12.4 Å². The highest BCUT2D eigenvalue weighted by Gasteiger charge is 2.68. The molecule has 2 heterocycles. The number of likely N-dealkylation sites (tertiary alicyclic amines) is 1. The SMILES string of the molecule is C=C[C@]12O[C@H](/C=C/CCBr)[C@@H](I)[C@H]1C(=O)N(Cc1ccc(OC)cc1)[C@@H]2C(=O)NCc1ccccc1. The predicted molar refractivity (Wildman–Crippen MR) is 152 cm³/mol. The Bertz CT molecular complexity index is 1110. The highest BCUT2D eigenvalue weighted by molar-refractivity contribution is 14.1. The van der Waals surface area contributed by atoms with E-state index in [0.717, 1.165) is 28.6 Å². The van der Waals surface area contributed by atoms with Crippen LogP contribution in [0.5, 0.6) is 5.75 Å². The van der Waals surface area contributed by atoms with Crippen molar-refractivity contribution in [1.82, 2.24) is 10.2 Å². The van der Waals surface area contributed by atoms with Crippen molar-refractivity contribution in [3.63, 3.8) is 0 Å². The quantitative estimate of drug-likeness (QED) is 0.225. The highest BCUT2D eigenvalue weighted by atomic mass is 127. The summed E-state index contributed by atoms with van der Waals surface area (Å²) in [6, 6.07) is 16.4. The lowest BCUT2D eigenvalue weighted by Gasteiger charge is -2.34.